The molecule has 1 amide bonds. The molecule has 0 aliphatic carbocycles. The zero-order chi connectivity index (χ0) is 14.7. The Morgan fingerprint density at radius 2 is 2.14 bits per heavy atom. The second-order valence-electron chi connectivity index (χ2n) is 6.04. The zero-order valence-corrected chi connectivity index (χ0v) is 12.6. The zero-order valence-electron chi connectivity index (χ0n) is 12.6. The van der Waals surface area contributed by atoms with Gasteiger partial charge in [0.25, 0.3) is 0 Å². The third-order valence-electron chi connectivity index (χ3n) is 4.28. The number of ether oxygens (including phenoxy) is 2. The molecule has 1 atom stereocenters. The quantitative estimate of drug-likeness (QED) is 0.923. The first kappa shape index (κ1) is 14.4. The second kappa shape index (κ2) is 6.48. The van der Waals surface area contributed by atoms with Crippen LogP contribution in [-0.2, 0) is 22.4 Å². The molecule has 2 heterocycles. The molecule has 21 heavy (non-hydrogen) atoms. The molecule has 1 N–H and O–H groups in total. The Kier molecular flexibility index (Phi) is 4.44. The summed E-state index contributed by atoms with van der Waals surface area (Å²) >= 11 is 0. The Morgan fingerprint density at radius 1 is 1.33 bits per heavy atom. The van der Waals surface area contributed by atoms with Gasteiger partial charge in [-0.15, -0.1) is 0 Å². The Morgan fingerprint density at radius 3 is 2.95 bits per heavy atom. The van der Waals surface area contributed by atoms with Crippen molar-refractivity contribution in [1.82, 2.24) is 5.32 Å². The van der Waals surface area contributed by atoms with Crippen LogP contribution >= 0.6 is 0 Å². The number of hydrogen-bond donors (Lipinski definition) is 1. The van der Waals surface area contributed by atoms with Gasteiger partial charge in [-0.3, -0.25) is 4.79 Å². The first-order valence-electron chi connectivity index (χ1n) is 7.85. The highest BCUT2D eigenvalue weighted by atomic mass is 16.5. The van der Waals surface area contributed by atoms with Gasteiger partial charge in [0.05, 0.1) is 6.61 Å². The predicted octanol–water partition coefficient (Wildman–Crippen LogP) is 2.10. The molecule has 1 aromatic carbocycles. The van der Waals surface area contributed by atoms with Crippen LogP contribution in [0.15, 0.2) is 18.2 Å². The Balaban J connectivity index is 1.53. The van der Waals surface area contributed by atoms with Gasteiger partial charge in [-0.25, -0.2) is 0 Å². The van der Waals surface area contributed by atoms with Crippen LogP contribution in [0, 0.1) is 5.92 Å². The van der Waals surface area contributed by atoms with Crippen molar-refractivity contribution >= 4 is 5.91 Å². The number of hydrogen-bond acceptors (Lipinski definition) is 3. The number of nitrogens with one attached hydrogen (secondary N) is 1. The van der Waals surface area contributed by atoms with Crippen LogP contribution in [0.1, 0.15) is 30.9 Å². The van der Waals surface area contributed by atoms with Crippen molar-refractivity contribution in [2.24, 2.45) is 5.92 Å². The summed E-state index contributed by atoms with van der Waals surface area (Å²) in [6, 6.07) is 6.51. The molecule has 4 nitrogen and oxygen atoms in total. The molecule has 4 heteroatoms. The molecule has 114 valence electrons. The monoisotopic (exact) mass is 289 g/mol. The minimum atomic E-state index is 0.120. The lowest BCUT2D eigenvalue weighted by Crippen LogP contribution is -2.40. The molecule has 0 aromatic heterocycles. The van der Waals surface area contributed by atoms with Crippen molar-refractivity contribution in [3.63, 3.8) is 0 Å². The number of rotatable bonds is 4. The summed E-state index contributed by atoms with van der Waals surface area (Å²) in [7, 11) is 0. The molecule has 3 rings (SSSR count). The highest BCUT2D eigenvalue weighted by Gasteiger charge is 2.22. The van der Waals surface area contributed by atoms with Crippen molar-refractivity contribution in [3.05, 3.63) is 29.3 Å². The summed E-state index contributed by atoms with van der Waals surface area (Å²) < 4.78 is 10.8. The molecular weight excluding hydrogens is 266 g/mol. The van der Waals surface area contributed by atoms with Gasteiger partial charge in [0, 0.05) is 31.6 Å². The average molecular weight is 289 g/mol. The number of amides is 1. The third kappa shape index (κ3) is 3.56. The van der Waals surface area contributed by atoms with E-state index in [1.165, 1.54) is 11.1 Å². The predicted molar refractivity (Wildman–Crippen MR) is 80.5 cm³/mol. The van der Waals surface area contributed by atoms with E-state index in [4.69, 9.17) is 9.47 Å². The van der Waals surface area contributed by atoms with E-state index >= 15 is 0 Å². The van der Waals surface area contributed by atoms with Gasteiger partial charge in [-0.1, -0.05) is 12.1 Å². The second-order valence-corrected chi connectivity index (χ2v) is 6.04. The van der Waals surface area contributed by atoms with Gasteiger partial charge >= 0.3 is 0 Å². The Bertz CT molecular complexity index is 509. The molecule has 1 aromatic rings. The van der Waals surface area contributed by atoms with Crippen LogP contribution < -0.4 is 10.1 Å². The first-order chi connectivity index (χ1) is 10.2. The molecule has 0 spiro atoms. The van der Waals surface area contributed by atoms with Crippen molar-refractivity contribution < 1.29 is 14.3 Å². The lowest BCUT2D eigenvalue weighted by atomic mass is 9.98. The van der Waals surface area contributed by atoms with Gasteiger partial charge in [0.1, 0.15) is 5.75 Å². The largest absolute Gasteiger partial charge is 0.493 e. The van der Waals surface area contributed by atoms with Gasteiger partial charge < -0.3 is 14.8 Å². The van der Waals surface area contributed by atoms with Crippen LogP contribution in [0.5, 0.6) is 5.75 Å². The SMILES string of the molecule is CC(Cc1ccc2c(c1)CCO2)NC(=O)C1CCOCC1. The van der Waals surface area contributed by atoms with E-state index in [2.05, 4.69) is 24.4 Å². The van der Waals surface area contributed by atoms with Crippen LogP contribution in [0.3, 0.4) is 0 Å². The lowest BCUT2D eigenvalue weighted by Gasteiger charge is -2.23. The first-order valence-corrected chi connectivity index (χ1v) is 7.85. The summed E-state index contributed by atoms with van der Waals surface area (Å²) in [4.78, 5) is 12.2. The molecular formula is C17H23NO3. The summed E-state index contributed by atoms with van der Waals surface area (Å²) in [6.45, 7) is 4.27. The Hall–Kier alpha value is -1.55. The molecule has 0 radical (unpaired) electrons. The molecule has 1 unspecified atom stereocenters. The number of benzene rings is 1. The van der Waals surface area contributed by atoms with Crippen LogP contribution in [0.25, 0.3) is 0 Å². The van der Waals surface area contributed by atoms with E-state index in [0.29, 0.717) is 13.2 Å². The summed E-state index contributed by atoms with van der Waals surface area (Å²) in [5, 5.41) is 3.14. The topological polar surface area (TPSA) is 47.6 Å². The van der Waals surface area contributed by atoms with Crippen LogP contribution in [0.4, 0.5) is 0 Å². The van der Waals surface area contributed by atoms with Crippen molar-refractivity contribution in [2.75, 3.05) is 19.8 Å². The summed E-state index contributed by atoms with van der Waals surface area (Å²) in [6.07, 6.45) is 3.54. The number of carbonyl (C=O) groups is 1. The Labute approximate surface area is 125 Å². The maximum atomic E-state index is 12.2. The summed E-state index contributed by atoms with van der Waals surface area (Å²) in [5.41, 5.74) is 2.55. The molecule has 0 bridgehead atoms. The standard InChI is InChI=1S/C17H23NO3/c1-12(18-17(19)14-4-7-20-8-5-14)10-13-2-3-16-15(11-13)6-9-21-16/h2-3,11-12,14H,4-10H2,1H3,(H,18,19). The minimum absolute atomic E-state index is 0.120. The highest BCUT2D eigenvalue weighted by Crippen LogP contribution is 2.26. The fourth-order valence-electron chi connectivity index (χ4n) is 3.09. The minimum Gasteiger partial charge on any atom is -0.493 e. The van der Waals surface area contributed by atoms with Gasteiger partial charge in [0.2, 0.25) is 5.91 Å². The maximum Gasteiger partial charge on any atom is 0.223 e. The lowest BCUT2D eigenvalue weighted by molar-refractivity contribution is -0.128. The van der Waals surface area contributed by atoms with E-state index in [1.54, 1.807) is 0 Å². The van der Waals surface area contributed by atoms with Crippen molar-refractivity contribution in [3.8, 4) is 5.75 Å². The van der Waals surface area contributed by atoms with E-state index in [9.17, 15) is 4.79 Å². The molecule has 2 aliphatic rings. The van der Waals surface area contributed by atoms with Gasteiger partial charge in [-0.2, -0.15) is 0 Å². The smallest absolute Gasteiger partial charge is 0.223 e. The van der Waals surface area contributed by atoms with Crippen LogP contribution in [0.2, 0.25) is 0 Å². The van der Waals surface area contributed by atoms with Gasteiger partial charge in [-0.05, 0) is 43.4 Å². The number of fused-ring (bicyclic) bond motifs is 1. The normalized spacial score (nSPS) is 19.7. The average Bonchev–Trinajstić information content (AvgIpc) is 2.95. The highest BCUT2D eigenvalue weighted by molar-refractivity contribution is 5.79. The van der Waals surface area contributed by atoms with E-state index in [0.717, 1.165) is 38.0 Å². The molecule has 1 fully saturated rings. The third-order valence-corrected chi connectivity index (χ3v) is 4.28. The van der Waals surface area contributed by atoms with E-state index < -0.39 is 0 Å². The van der Waals surface area contributed by atoms with Gasteiger partial charge in [0.15, 0.2) is 0 Å². The molecule has 0 saturated carbocycles. The van der Waals surface area contributed by atoms with Crippen molar-refractivity contribution in [1.29, 1.82) is 0 Å². The van der Waals surface area contributed by atoms with E-state index in [-0.39, 0.29) is 17.9 Å². The molecule has 2 aliphatic heterocycles. The van der Waals surface area contributed by atoms with Crippen molar-refractivity contribution in [2.45, 2.75) is 38.6 Å². The fourth-order valence-corrected chi connectivity index (χ4v) is 3.09. The fraction of sp³-hybridized carbons (Fsp3) is 0.588. The summed E-state index contributed by atoms with van der Waals surface area (Å²) in [5.74, 6) is 1.31. The van der Waals surface area contributed by atoms with E-state index in [1.807, 2.05) is 6.07 Å². The molecule has 1 saturated heterocycles. The number of carbonyl (C=O) groups excluding carboxylic acids is 1. The maximum absolute atomic E-state index is 12.2. The van der Waals surface area contributed by atoms with Crippen LogP contribution in [-0.4, -0.2) is 31.8 Å².